The maximum atomic E-state index is 2.53. The van der Waals surface area contributed by atoms with E-state index in [2.05, 4.69) is 146 Å². The van der Waals surface area contributed by atoms with Gasteiger partial charge < -0.3 is 0 Å². The van der Waals surface area contributed by atoms with E-state index in [4.69, 9.17) is 0 Å². The van der Waals surface area contributed by atoms with Gasteiger partial charge in [-0.25, -0.2) is 0 Å². The maximum absolute atomic E-state index is 2.53. The smallest absolute Gasteiger partial charge is 0.0485 e. The van der Waals surface area contributed by atoms with Crippen LogP contribution < -0.4 is 0 Å². The molecule has 2 aliphatic rings. The van der Waals surface area contributed by atoms with Crippen molar-refractivity contribution >= 4 is 0 Å². The van der Waals surface area contributed by atoms with Gasteiger partial charge in [-0.05, 0) is 68.2 Å². The topological polar surface area (TPSA) is 0 Å². The average Bonchev–Trinajstić information content (AvgIpc) is 3.52. The van der Waals surface area contributed by atoms with E-state index in [9.17, 15) is 0 Å². The molecular weight excluding hydrogens is 444 g/mol. The summed E-state index contributed by atoms with van der Waals surface area (Å²) in [6, 6.07) is 23.3. The SMILES string of the molecule is CCC=CC(c1ccccc1)(c1c(C(C)(C)C)ccc2c1Cc1cc(C(C)(C)C)ccc1-2)C1C=CC=C1. The third-order valence-electron chi connectivity index (χ3n) is 8.30. The Kier molecular flexibility index (Phi) is 6.43. The van der Waals surface area contributed by atoms with E-state index in [1.807, 2.05) is 0 Å². The quantitative estimate of drug-likeness (QED) is 0.246. The molecule has 0 saturated carbocycles. The molecule has 5 rings (SSSR count). The summed E-state index contributed by atoms with van der Waals surface area (Å²) in [7, 11) is 0. The summed E-state index contributed by atoms with van der Waals surface area (Å²) in [6.45, 7) is 16.3. The van der Waals surface area contributed by atoms with Crippen molar-refractivity contribution in [2.45, 2.75) is 77.6 Å². The lowest BCUT2D eigenvalue weighted by Gasteiger charge is -2.42. The molecule has 0 heterocycles. The first-order chi connectivity index (χ1) is 17.6. The fourth-order valence-electron chi connectivity index (χ4n) is 6.39. The number of rotatable bonds is 5. The number of hydrogen-bond donors (Lipinski definition) is 0. The highest BCUT2D eigenvalue weighted by Crippen LogP contribution is 2.53. The normalized spacial score (nSPS) is 16.8. The first kappa shape index (κ1) is 25.5. The minimum absolute atomic E-state index is 0.0157. The average molecular weight is 487 g/mol. The third-order valence-corrected chi connectivity index (χ3v) is 8.30. The molecular formula is C37H42. The number of allylic oxidation sites excluding steroid dienone is 6. The molecule has 37 heavy (non-hydrogen) atoms. The van der Waals surface area contributed by atoms with Crippen LogP contribution in [0.4, 0.5) is 0 Å². The lowest BCUT2D eigenvalue weighted by Crippen LogP contribution is -2.36. The first-order valence-electron chi connectivity index (χ1n) is 14.0. The zero-order valence-corrected chi connectivity index (χ0v) is 23.7. The van der Waals surface area contributed by atoms with Gasteiger partial charge in [0.05, 0.1) is 0 Å². The van der Waals surface area contributed by atoms with Crippen LogP contribution in [0.15, 0.2) is 97.1 Å². The lowest BCUT2D eigenvalue weighted by molar-refractivity contribution is 0.507. The van der Waals surface area contributed by atoms with Crippen molar-refractivity contribution in [2.75, 3.05) is 0 Å². The van der Waals surface area contributed by atoms with Crippen molar-refractivity contribution in [3.63, 3.8) is 0 Å². The molecule has 0 spiro atoms. The summed E-state index contributed by atoms with van der Waals surface area (Å²) in [5.41, 5.74) is 11.4. The molecule has 0 amide bonds. The van der Waals surface area contributed by atoms with Crippen LogP contribution in [0.1, 0.15) is 88.3 Å². The molecule has 0 radical (unpaired) electrons. The minimum Gasteiger partial charge on any atom is -0.0876 e. The van der Waals surface area contributed by atoms with Gasteiger partial charge in [0, 0.05) is 11.3 Å². The van der Waals surface area contributed by atoms with Gasteiger partial charge in [-0.1, -0.05) is 146 Å². The van der Waals surface area contributed by atoms with E-state index >= 15 is 0 Å². The van der Waals surface area contributed by atoms with Gasteiger partial charge in [0.25, 0.3) is 0 Å². The Bertz CT molecular complexity index is 1370. The van der Waals surface area contributed by atoms with Crippen LogP contribution in [0.3, 0.4) is 0 Å². The second kappa shape index (κ2) is 9.32. The van der Waals surface area contributed by atoms with Gasteiger partial charge in [-0.15, -0.1) is 0 Å². The van der Waals surface area contributed by atoms with E-state index in [1.54, 1.807) is 0 Å². The van der Waals surface area contributed by atoms with E-state index in [-0.39, 0.29) is 22.2 Å². The Morgan fingerprint density at radius 3 is 2.05 bits per heavy atom. The second-order valence-corrected chi connectivity index (χ2v) is 12.9. The van der Waals surface area contributed by atoms with Crippen LogP contribution in [0.2, 0.25) is 0 Å². The Hall–Kier alpha value is -3.12. The Morgan fingerprint density at radius 1 is 0.757 bits per heavy atom. The van der Waals surface area contributed by atoms with Crippen LogP contribution in [-0.2, 0) is 22.7 Å². The van der Waals surface area contributed by atoms with Gasteiger partial charge >= 0.3 is 0 Å². The maximum Gasteiger partial charge on any atom is 0.0485 e. The van der Waals surface area contributed by atoms with Crippen molar-refractivity contribution in [3.05, 3.63) is 131 Å². The highest BCUT2D eigenvalue weighted by atomic mass is 14.5. The summed E-state index contributed by atoms with van der Waals surface area (Å²) in [5.74, 6) is 0.263. The van der Waals surface area contributed by atoms with Gasteiger partial charge in [-0.2, -0.15) is 0 Å². The Balaban J connectivity index is 1.87. The molecule has 2 aliphatic carbocycles. The summed E-state index contributed by atoms with van der Waals surface area (Å²) in [5, 5.41) is 0. The molecule has 1 atom stereocenters. The van der Waals surface area contributed by atoms with Crippen molar-refractivity contribution < 1.29 is 0 Å². The second-order valence-electron chi connectivity index (χ2n) is 12.9. The monoisotopic (exact) mass is 486 g/mol. The molecule has 0 nitrogen and oxygen atoms in total. The third kappa shape index (κ3) is 4.35. The van der Waals surface area contributed by atoms with Gasteiger partial charge in [0.15, 0.2) is 0 Å². The summed E-state index contributed by atoms with van der Waals surface area (Å²) >= 11 is 0. The Labute approximate surface area is 224 Å². The molecule has 0 aromatic heterocycles. The van der Waals surface area contributed by atoms with Crippen molar-refractivity contribution in [2.24, 2.45) is 5.92 Å². The molecule has 0 aliphatic heterocycles. The number of hydrogen-bond acceptors (Lipinski definition) is 0. The standard InChI is InChI=1S/C37H42/c1-8-9-23-37(28-17-13-14-18-28,27-15-11-10-12-16-27)34-32-25-26-24-29(35(2,3)4)19-20-30(26)31(32)21-22-33(34)36(5,6)7/h9-24,28H,8,25H2,1-7H3. The van der Waals surface area contributed by atoms with Crippen LogP contribution in [0.5, 0.6) is 0 Å². The highest BCUT2D eigenvalue weighted by molar-refractivity contribution is 5.81. The molecule has 0 fully saturated rings. The molecule has 1 unspecified atom stereocenters. The van der Waals surface area contributed by atoms with Crippen LogP contribution in [0.25, 0.3) is 11.1 Å². The van der Waals surface area contributed by atoms with Crippen molar-refractivity contribution in [1.82, 2.24) is 0 Å². The molecule has 3 aromatic rings. The molecule has 0 heteroatoms. The lowest BCUT2D eigenvalue weighted by atomic mass is 9.60. The number of fused-ring (bicyclic) bond motifs is 3. The minimum atomic E-state index is -0.274. The molecule has 3 aromatic carbocycles. The predicted octanol–water partition coefficient (Wildman–Crippen LogP) is 9.85. The van der Waals surface area contributed by atoms with Crippen molar-refractivity contribution in [1.29, 1.82) is 0 Å². The van der Waals surface area contributed by atoms with Gasteiger partial charge in [0.1, 0.15) is 0 Å². The fourth-order valence-corrected chi connectivity index (χ4v) is 6.39. The zero-order valence-electron chi connectivity index (χ0n) is 23.7. The summed E-state index contributed by atoms with van der Waals surface area (Å²) in [6.07, 6.45) is 16.2. The highest BCUT2D eigenvalue weighted by Gasteiger charge is 2.44. The zero-order chi connectivity index (χ0) is 26.4. The van der Waals surface area contributed by atoms with E-state index in [0.29, 0.717) is 0 Å². The number of benzene rings is 3. The molecule has 0 saturated heterocycles. The van der Waals surface area contributed by atoms with Crippen LogP contribution >= 0.6 is 0 Å². The van der Waals surface area contributed by atoms with E-state index in [0.717, 1.165) is 12.8 Å². The van der Waals surface area contributed by atoms with Gasteiger partial charge in [-0.3, -0.25) is 0 Å². The largest absolute Gasteiger partial charge is 0.0876 e. The Morgan fingerprint density at radius 2 is 1.43 bits per heavy atom. The molecule has 0 N–H and O–H groups in total. The molecule has 0 bridgehead atoms. The van der Waals surface area contributed by atoms with Crippen LogP contribution in [0, 0.1) is 5.92 Å². The van der Waals surface area contributed by atoms with Gasteiger partial charge in [0.2, 0.25) is 0 Å². The predicted molar refractivity (Wildman–Crippen MR) is 161 cm³/mol. The fraction of sp³-hybridized carbons (Fsp3) is 0.351. The van der Waals surface area contributed by atoms with Crippen LogP contribution in [-0.4, -0.2) is 0 Å². The molecule has 190 valence electrons. The summed E-state index contributed by atoms with van der Waals surface area (Å²) < 4.78 is 0. The van der Waals surface area contributed by atoms with Crippen molar-refractivity contribution in [3.8, 4) is 11.1 Å². The van der Waals surface area contributed by atoms with E-state index < -0.39 is 0 Å². The van der Waals surface area contributed by atoms with E-state index in [1.165, 1.54) is 44.5 Å². The summed E-state index contributed by atoms with van der Waals surface area (Å²) in [4.78, 5) is 0. The first-order valence-corrected chi connectivity index (χ1v) is 14.0.